The van der Waals surface area contributed by atoms with Gasteiger partial charge >= 0.3 is 0 Å². The van der Waals surface area contributed by atoms with E-state index in [0.717, 1.165) is 11.8 Å². The fraction of sp³-hybridized carbons (Fsp3) is 1.00. The second kappa shape index (κ2) is 3.78. The fourth-order valence-electron chi connectivity index (χ4n) is 2.00. The van der Waals surface area contributed by atoms with Crippen LogP contribution in [0.3, 0.4) is 0 Å². The van der Waals surface area contributed by atoms with Gasteiger partial charge in [-0.3, -0.25) is 0 Å². The van der Waals surface area contributed by atoms with E-state index < -0.39 is 0 Å². The molecule has 12 heavy (non-hydrogen) atoms. The normalized spacial score (nSPS) is 32.0. The Morgan fingerprint density at radius 2 is 1.92 bits per heavy atom. The summed E-state index contributed by atoms with van der Waals surface area (Å²) in [6, 6.07) is 0. The molecule has 2 unspecified atom stereocenters. The third-order valence-corrected chi connectivity index (χ3v) is 3.24. The van der Waals surface area contributed by atoms with Crippen LogP contribution in [-0.4, -0.2) is 13.1 Å². The molecule has 1 N–H and O–H groups in total. The lowest BCUT2D eigenvalue weighted by Crippen LogP contribution is -2.41. The van der Waals surface area contributed by atoms with Gasteiger partial charge in [0.25, 0.3) is 0 Å². The highest BCUT2D eigenvalue weighted by Crippen LogP contribution is 2.33. The largest absolute Gasteiger partial charge is 0.316 e. The first-order valence-electron chi connectivity index (χ1n) is 5.24. The molecule has 1 heterocycles. The molecule has 0 aromatic rings. The van der Waals surface area contributed by atoms with Gasteiger partial charge in [0.15, 0.2) is 0 Å². The summed E-state index contributed by atoms with van der Waals surface area (Å²) >= 11 is 0. The van der Waals surface area contributed by atoms with Crippen molar-refractivity contribution in [3.63, 3.8) is 0 Å². The molecule has 0 radical (unpaired) electrons. The maximum absolute atomic E-state index is 3.54. The molecule has 0 spiro atoms. The van der Waals surface area contributed by atoms with Crippen molar-refractivity contribution in [2.24, 2.45) is 17.3 Å². The number of rotatable bonds is 1. The molecule has 2 atom stereocenters. The molecule has 0 aliphatic carbocycles. The molecule has 0 bridgehead atoms. The lowest BCUT2D eigenvalue weighted by molar-refractivity contribution is 0.154. The van der Waals surface area contributed by atoms with Crippen LogP contribution in [0.4, 0.5) is 0 Å². The highest BCUT2D eigenvalue weighted by atomic mass is 14.9. The van der Waals surface area contributed by atoms with E-state index in [9.17, 15) is 0 Å². The first-order chi connectivity index (χ1) is 5.54. The van der Waals surface area contributed by atoms with Crippen LogP contribution in [0.25, 0.3) is 0 Å². The predicted octanol–water partition coefficient (Wildman–Crippen LogP) is 2.67. The number of nitrogens with one attached hydrogen (secondary N) is 1. The van der Waals surface area contributed by atoms with Gasteiger partial charge in [-0.05, 0) is 36.8 Å². The number of piperidine rings is 1. The molecule has 1 saturated heterocycles. The van der Waals surface area contributed by atoms with E-state index in [0.29, 0.717) is 5.41 Å². The van der Waals surface area contributed by atoms with E-state index in [-0.39, 0.29) is 0 Å². The summed E-state index contributed by atoms with van der Waals surface area (Å²) in [7, 11) is 0. The molecule has 0 aromatic carbocycles. The van der Waals surface area contributed by atoms with Crippen LogP contribution < -0.4 is 5.32 Å². The average molecular weight is 169 g/mol. The van der Waals surface area contributed by atoms with Crippen LogP contribution in [0.2, 0.25) is 0 Å². The average Bonchev–Trinajstić information content (AvgIpc) is 2.03. The van der Waals surface area contributed by atoms with Crippen LogP contribution in [0.1, 0.15) is 40.5 Å². The van der Waals surface area contributed by atoms with Crippen molar-refractivity contribution in [3.05, 3.63) is 0 Å². The Labute approximate surface area is 76.9 Å². The van der Waals surface area contributed by atoms with Crippen molar-refractivity contribution in [1.82, 2.24) is 5.32 Å². The van der Waals surface area contributed by atoms with E-state index in [2.05, 4.69) is 33.0 Å². The minimum absolute atomic E-state index is 0.487. The maximum atomic E-state index is 3.54. The van der Waals surface area contributed by atoms with E-state index in [1.54, 1.807) is 0 Å². The van der Waals surface area contributed by atoms with Crippen molar-refractivity contribution >= 4 is 0 Å². The fourth-order valence-corrected chi connectivity index (χ4v) is 2.00. The van der Waals surface area contributed by atoms with Crippen LogP contribution >= 0.6 is 0 Å². The minimum Gasteiger partial charge on any atom is -0.316 e. The molecule has 1 fully saturated rings. The molecule has 1 aliphatic rings. The van der Waals surface area contributed by atoms with Gasteiger partial charge < -0.3 is 5.32 Å². The Balaban J connectivity index is 2.46. The van der Waals surface area contributed by atoms with Crippen LogP contribution in [0, 0.1) is 17.3 Å². The zero-order valence-corrected chi connectivity index (χ0v) is 8.98. The molecule has 1 nitrogen and oxygen atoms in total. The summed E-state index contributed by atoms with van der Waals surface area (Å²) < 4.78 is 0. The lowest BCUT2D eigenvalue weighted by Gasteiger charge is -2.37. The Hall–Kier alpha value is -0.0400. The molecular weight excluding hydrogens is 146 g/mol. The predicted molar refractivity (Wildman–Crippen MR) is 54.2 cm³/mol. The Morgan fingerprint density at radius 3 is 2.42 bits per heavy atom. The van der Waals surface area contributed by atoms with Crippen molar-refractivity contribution in [2.45, 2.75) is 40.5 Å². The highest BCUT2D eigenvalue weighted by Gasteiger charge is 2.29. The molecule has 0 aromatic heterocycles. The third-order valence-electron chi connectivity index (χ3n) is 3.24. The topological polar surface area (TPSA) is 12.0 Å². The summed E-state index contributed by atoms with van der Waals surface area (Å²) in [5, 5.41) is 3.54. The second-order valence-corrected chi connectivity index (χ2v) is 5.23. The zero-order chi connectivity index (χ0) is 9.19. The standard InChI is InChI=1S/C11H23N/c1-5-9-6-10(8-12-7-9)11(2,3)4/h9-10,12H,5-8H2,1-4H3. The first kappa shape index (κ1) is 10.0. The van der Waals surface area contributed by atoms with Crippen LogP contribution in [-0.2, 0) is 0 Å². The Kier molecular flexibility index (Phi) is 3.16. The van der Waals surface area contributed by atoms with Gasteiger partial charge in [-0.1, -0.05) is 34.1 Å². The summed E-state index contributed by atoms with van der Waals surface area (Å²) in [6.45, 7) is 11.8. The van der Waals surface area contributed by atoms with Crippen LogP contribution in [0.15, 0.2) is 0 Å². The highest BCUT2D eigenvalue weighted by molar-refractivity contribution is 4.82. The van der Waals surface area contributed by atoms with Gasteiger partial charge in [0, 0.05) is 0 Å². The smallest absolute Gasteiger partial charge is 0.00153 e. The Morgan fingerprint density at radius 1 is 1.25 bits per heavy atom. The number of hydrogen-bond donors (Lipinski definition) is 1. The monoisotopic (exact) mass is 169 g/mol. The lowest BCUT2D eigenvalue weighted by atomic mass is 9.73. The van der Waals surface area contributed by atoms with Gasteiger partial charge in [0.05, 0.1) is 0 Å². The van der Waals surface area contributed by atoms with E-state index in [1.807, 2.05) is 0 Å². The van der Waals surface area contributed by atoms with E-state index in [1.165, 1.54) is 25.9 Å². The van der Waals surface area contributed by atoms with Crippen molar-refractivity contribution < 1.29 is 0 Å². The van der Waals surface area contributed by atoms with Gasteiger partial charge in [0.1, 0.15) is 0 Å². The van der Waals surface area contributed by atoms with Crippen molar-refractivity contribution in [1.29, 1.82) is 0 Å². The molecule has 0 saturated carbocycles. The van der Waals surface area contributed by atoms with Gasteiger partial charge in [0.2, 0.25) is 0 Å². The van der Waals surface area contributed by atoms with Gasteiger partial charge in [-0.2, -0.15) is 0 Å². The minimum atomic E-state index is 0.487. The number of hydrogen-bond acceptors (Lipinski definition) is 1. The molecule has 1 aliphatic heterocycles. The molecule has 0 amide bonds. The van der Waals surface area contributed by atoms with Gasteiger partial charge in [-0.15, -0.1) is 0 Å². The molecule has 1 heteroatoms. The molecular formula is C11H23N. The SMILES string of the molecule is CCC1CNCC(C(C)(C)C)C1. The first-order valence-corrected chi connectivity index (χ1v) is 5.24. The van der Waals surface area contributed by atoms with Gasteiger partial charge in [-0.25, -0.2) is 0 Å². The second-order valence-electron chi connectivity index (χ2n) is 5.23. The van der Waals surface area contributed by atoms with Crippen molar-refractivity contribution in [2.75, 3.05) is 13.1 Å². The maximum Gasteiger partial charge on any atom is -0.00153 e. The summed E-state index contributed by atoms with van der Waals surface area (Å²) in [4.78, 5) is 0. The van der Waals surface area contributed by atoms with Crippen molar-refractivity contribution in [3.8, 4) is 0 Å². The van der Waals surface area contributed by atoms with E-state index in [4.69, 9.17) is 0 Å². The van der Waals surface area contributed by atoms with E-state index >= 15 is 0 Å². The molecule has 72 valence electrons. The summed E-state index contributed by atoms with van der Waals surface area (Å²) in [5.74, 6) is 1.79. The van der Waals surface area contributed by atoms with Crippen LogP contribution in [0.5, 0.6) is 0 Å². The summed E-state index contributed by atoms with van der Waals surface area (Å²) in [5.41, 5.74) is 0.487. The Bertz CT molecular complexity index is 134. The quantitative estimate of drug-likeness (QED) is 0.636. The summed E-state index contributed by atoms with van der Waals surface area (Å²) in [6.07, 6.45) is 2.76. The zero-order valence-electron chi connectivity index (χ0n) is 8.98. The third kappa shape index (κ3) is 2.48. The molecule has 1 rings (SSSR count).